The van der Waals surface area contributed by atoms with Gasteiger partial charge < -0.3 is 10.5 Å². The zero-order valence-corrected chi connectivity index (χ0v) is 9.97. The second kappa shape index (κ2) is 5.85. The molecule has 0 radical (unpaired) electrons. The van der Waals surface area contributed by atoms with Gasteiger partial charge in [-0.1, -0.05) is 12.1 Å². The van der Waals surface area contributed by atoms with Gasteiger partial charge in [0, 0.05) is 0 Å². The summed E-state index contributed by atoms with van der Waals surface area (Å²) in [4.78, 5) is 0. The largest absolute Gasteiger partial charge is 0.457 e. The summed E-state index contributed by atoms with van der Waals surface area (Å²) in [5, 5.41) is 8.71. The van der Waals surface area contributed by atoms with Crippen LogP contribution in [-0.4, -0.2) is 6.54 Å². The van der Waals surface area contributed by atoms with E-state index < -0.39 is 0 Å². The van der Waals surface area contributed by atoms with Gasteiger partial charge in [-0.15, -0.1) is 0 Å². The van der Waals surface area contributed by atoms with Gasteiger partial charge in [0.15, 0.2) is 0 Å². The number of hydrogen-bond donors (Lipinski definition) is 1. The van der Waals surface area contributed by atoms with Crippen molar-refractivity contribution in [2.24, 2.45) is 5.73 Å². The average Bonchev–Trinajstić information content (AvgIpc) is 2.40. The molecule has 2 aromatic carbocycles. The zero-order valence-electron chi connectivity index (χ0n) is 9.97. The molecule has 18 heavy (non-hydrogen) atoms. The zero-order chi connectivity index (χ0) is 12.8. The first-order valence-electron chi connectivity index (χ1n) is 5.79. The standard InChI is InChI=1S/C15H14N2O/c16-9-8-12-2-1-3-15(10-12)18-14-6-4-13(11-17)5-7-14/h1-7,10H,8-9,16H2. The Labute approximate surface area is 106 Å². The lowest BCUT2D eigenvalue weighted by Crippen LogP contribution is -2.02. The third-order valence-corrected chi connectivity index (χ3v) is 2.55. The van der Waals surface area contributed by atoms with Crippen molar-refractivity contribution in [2.75, 3.05) is 6.54 Å². The number of benzene rings is 2. The van der Waals surface area contributed by atoms with Crippen LogP contribution >= 0.6 is 0 Å². The number of nitrogens with two attached hydrogens (primary N) is 1. The molecule has 0 saturated heterocycles. The highest BCUT2D eigenvalue weighted by Crippen LogP contribution is 2.22. The topological polar surface area (TPSA) is 59.0 Å². The molecule has 0 aromatic heterocycles. The van der Waals surface area contributed by atoms with Crippen LogP contribution in [0.3, 0.4) is 0 Å². The Morgan fingerprint density at radius 1 is 1.06 bits per heavy atom. The molecule has 0 atom stereocenters. The molecule has 2 rings (SSSR count). The molecule has 0 aliphatic heterocycles. The first-order valence-corrected chi connectivity index (χ1v) is 5.79. The van der Waals surface area contributed by atoms with Crippen LogP contribution in [-0.2, 0) is 6.42 Å². The SMILES string of the molecule is N#Cc1ccc(Oc2cccc(CCN)c2)cc1. The molecule has 0 spiro atoms. The molecule has 0 bridgehead atoms. The number of ether oxygens (including phenoxy) is 1. The second-order valence-electron chi connectivity index (χ2n) is 3.92. The highest BCUT2D eigenvalue weighted by atomic mass is 16.5. The van der Waals surface area contributed by atoms with Crippen LogP contribution in [0.5, 0.6) is 11.5 Å². The van der Waals surface area contributed by atoms with E-state index in [9.17, 15) is 0 Å². The van der Waals surface area contributed by atoms with Gasteiger partial charge in [0.1, 0.15) is 11.5 Å². The molecular weight excluding hydrogens is 224 g/mol. The van der Waals surface area contributed by atoms with Crippen LogP contribution in [0.15, 0.2) is 48.5 Å². The molecule has 2 N–H and O–H groups in total. The van der Waals surface area contributed by atoms with E-state index in [0.717, 1.165) is 23.5 Å². The highest BCUT2D eigenvalue weighted by molar-refractivity contribution is 5.38. The van der Waals surface area contributed by atoms with Crippen molar-refractivity contribution in [3.63, 3.8) is 0 Å². The van der Waals surface area contributed by atoms with Gasteiger partial charge in [-0.3, -0.25) is 0 Å². The lowest BCUT2D eigenvalue weighted by atomic mass is 10.1. The van der Waals surface area contributed by atoms with Crippen LogP contribution in [0.4, 0.5) is 0 Å². The maximum atomic E-state index is 8.71. The average molecular weight is 238 g/mol. The molecule has 0 aliphatic rings. The quantitative estimate of drug-likeness (QED) is 0.891. The molecule has 0 amide bonds. The van der Waals surface area contributed by atoms with E-state index >= 15 is 0 Å². The number of rotatable bonds is 4. The Balaban J connectivity index is 2.12. The predicted octanol–water partition coefficient (Wildman–Crippen LogP) is 2.85. The summed E-state index contributed by atoms with van der Waals surface area (Å²) in [6, 6.07) is 17.0. The first-order chi connectivity index (χ1) is 8.81. The van der Waals surface area contributed by atoms with Gasteiger partial charge in [0.05, 0.1) is 11.6 Å². The Hall–Kier alpha value is -2.31. The minimum atomic E-state index is 0.624. The van der Waals surface area contributed by atoms with Gasteiger partial charge in [0.25, 0.3) is 0 Å². The summed E-state index contributed by atoms with van der Waals surface area (Å²) in [5.41, 5.74) is 7.30. The molecule has 0 saturated carbocycles. The molecule has 0 fully saturated rings. The summed E-state index contributed by atoms with van der Waals surface area (Å²) in [7, 11) is 0. The van der Waals surface area contributed by atoms with Crippen molar-refractivity contribution in [2.45, 2.75) is 6.42 Å². The number of hydrogen-bond acceptors (Lipinski definition) is 3. The minimum Gasteiger partial charge on any atom is -0.457 e. The van der Waals surface area contributed by atoms with Gasteiger partial charge in [0.2, 0.25) is 0 Å². The fraction of sp³-hybridized carbons (Fsp3) is 0.133. The normalized spacial score (nSPS) is 9.78. The molecule has 3 nitrogen and oxygen atoms in total. The first kappa shape index (κ1) is 12.2. The maximum absolute atomic E-state index is 8.71. The Kier molecular flexibility index (Phi) is 3.95. The van der Waals surface area contributed by atoms with Gasteiger partial charge in [-0.05, 0) is 54.9 Å². The molecular formula is C15H14N2O. The van der Waals surface area contributed by atoms with Crippen molar-refractivity contribution >= 4 is 0 Å². The molecule has 0 heterocycles. The van der Waals surface area contributed by atoms with Crippen LogP contribution in [0, 0.1) is 11.3 Å². The van der Waals surface area contributed by atoms with E-state index in [-0.39, 0.29) is 0 Å². The van der Waals surface area contributed by atoms with Gasteiger partial charge in [-0.2, -0.15) is 5.26 Å². The minimum absolute atomic E-state index is 0.624. The van der Waals surface area contributed by atoms with E-state index in [1.54, 1.807) is 24.3 Å². The lowest BCUT2D eigenvalue weighted by Gasteiger charge is -2.07. The molecule has 0 aliphatic carbocycles. The van der Waals surface area contributed by atoms with Crippen molar-refractivity contribution in [3.8, 4) is 17.6 Å². The third-order valence-electron chi connectivity index (χ3n) is 2.55. The Bertz CT molecular complexity index is 555. The van der Waals surface area contributed by atoms with Crippen molar-refractivity contribution in [1.29, 1.82) is 5.26 Å². The summed E-state index contributed by atoms with van der Waals surface area (Å²) in [5.74, 6) is 1.50. The van der Waals surface area contributed by atoms with Crippen molar-refractivity contribution in [3.05, 3.63) is 59.7 Å². The third kappa shape index (κ3) is 3.09. The Morgan fingerprint density at radius 2 is 1.83 bits per heavy atom. The fourth-order valence-electron chi connectivity index (χ4n) is 1.66. The second-order valence-corrected chi connectivity index (χ2v) is 3.92. The fourth-order valence-corrected chi connectivity index (χ4v) is 1.66. The molecule has 3 heteroatoms. The molecule has 0 unspecified atom stereocenters. The highest BCUT2D eigenvalue weighted by Gasteiger charge is 1.99. The summed E-state index contributed by atoms with van der Waals surface area (Å²) < 4.78 is 5.71. The maximum Gasteiger partial charge on any atom is 0.127 e. The van der Waals surface area contributed by atoms with Gasteiger partial charge in [-0.25, -0.2) is 0 Å². The number of nitriles is 1. The van der Waals surface area contributed by atoms with Crippen molar-refractivity contribution in [1.82, 2.24) is 0 Å². The predicted molar refractivity (Wildman–Crippen MR) is 70.4 cm³/mol. The van der Waals surface area contributed by atoms with E-state index in [0.29, 0.717) is 12.1 Å². The van der Waals surface area contributed by atoms with Crippen molar-refractivity contribution < 1.29 is 4.74 Å². The summed E-state index contributed by atoms with van der Waals surface area (Å²) in [6.07, 6.45) is 0.838. The Morgan fingerprint density at radius 3 is 2.50 bits per heavy atom. The summed E-state index contributed by atoms with van der Waals surface area (Å²) >= 11 is 0. The monoisotopic (exact) mass is 238 g/mol. The van der Waals surface area contributed by atoms with Crippen LogP contribution < -0.4 is 10.5 Å². The summed E-state index contributed by atoms with van der Waals surface area (Å²) in [6.45, 7) is 0.625. The molecule has 2 aromatic rings. The van der Waals surface area contributed by atoms with E-state index in [2.05, 4.69) is 6.07 Å². The lowest BCUT2D eigenvalue weighted by molar-refractivity contribution is 0.482. The van der Waals surface area contributed by atoms with E-state index in [1.165, 1.54) is 0 Å². The van der Waals surface area contributed by atoms with Gasteiger partial charge >= 0.3 is 0 Å². The smallest absolute Gasteiger partial charge is 0.127 e. The molecule has 90 valence electrons. The van der Waals surface area contributed by atoms with Crippen LogP contribution in [0.2, 0.25) is 0 Å². The van der Waals surface area contributed by atoms with E-state index in [1.807, 2.05) is 24.3 Å². The van der Waals surface area contributed by atoms with Crippen LogP contribution in [0.25, 0.3) is 0 Å². The van der Waals surface area contributed by atoms with E-state index in [4.69, 9.17) is 15.7 Å². The van der Waals surface area contributed by atoms with Crippen LogP contribution in [0.1, 0.15) is 11.1 Å². The number of nitrogens with zero attached hydrogens (tertiary/aromatic N) is 1.